The fraction of sp³-hybridized carbons (Fsp3) is 0.435. The second-order valence-corrected chi connectivity index (χ2v) is 8.18. The van der Waals surface area contributed by atoms with Crippen molar-refractivity contribution in [1.29, 1.82) is 0 Å². The van der Waals surface area contributed by atoms with Gasteiger partial charge < -0.3 is 28.8 Å². The highest BCUT2D eigenvalue weighted by atomic mass is 16.5. The largest absolute Gasteiger partial charge is 0.493 e. The highest BCUT2D eigenvalue weighted by Crippen LogP contribution is 2.49. The van der Waals surface area contributed by atoms with Gasteiger partial charge in [-0.1, -0.05) is 0 Å². The Morgan fingerprint density at radius 1 is 1.17 bits per heavy atom. The zero-order valence-corrected chi connectivity index (χ0v) is 17.2. The molecule has 7 heteroatoms. The van der Waals surface area contributed by atoms with E-state index in [-0.39, 0.29) is 19.0 Å². The molecule has 0 amide bonds. The van der Waals surface area contributed by atoms with Gasteiger partial charge in [-0.3, -0.25) is 4.79 Å². The minimum absolute atomic E-state index is 0.00341. The van der Waals surface area contributed by atoms with Crippen LogP contribution in [0.5, 0.6) is 28.7 Å². The Morgan fingerprint density at radius 3 is 2.67 bits per heavy atom. The Balaban J connectivity index is 1.57. The highest BCUT2D eigenvalue weighted by Gasteiger charge is 2.45. The normalized spacial score (nSPS) is 26.1. The van der Waals surface area contributed by atoms with Crippen LogP contribution in [-0.4, -0.2) is 50.0 Å². The summed E-state index contributed by atoms with van der Waals surface area (Å²) in [7, 11) is 3.13. The summed E-state index contributed by atoms with van der Waals surface area (Å²) in [5.74, 6) is 2.45. The molecule has 0 aliphatic carbocycles. The molecular formula is C23H24O7. The van der Waals surface area contributed by atoms with Crippen molar-refractivity contribution in [1.82, 2.24) is 0 Å². The maximum atomic E-state index is 13.5. The van der Waals surface area contributed by atoms with Crippen LogP contribution in [0, 0.1) is 0 Å². The predicted octanol–water partition coefficient (Wildman–Crippen LogP) is 2.90. The molecule has 1 N–H and O–H groups in total. The SMILES string of the molecule is COc1cc2c(cc1OC)[C@@H]1C(=O)c3ccc4c(c3O[C@@H]1CO2)CCC(C)(CO)O4. The van der Waals surface area contributed by atoms with Gasteiger partial charge in [-0.15, -0.1) is 0 Å². The highest BCUT2D eigenvalue weighted by molar-refractivity contribution is 6.05. The Kier molecular flexibility index (Phi) is 4.32. The van der Waals surface area contributed by atoms with Gasteiger partial charge in [0, 0.05) is 17.2 Å². The molecule has 0 spiro atoms. The molecule has 0 saturated heterocycles. The molecule has 7 nitrogen and oxygen atoms in total. The third-order valence-corrected chi connectivity index (χ3v) is 6.26. The number of hydrogen-bond donors (Lipinski definition) is 1. The molecule has 3 aliphatic heterocycles. The summed E-state index contributed by atoms with van der Waals surface area (Å²) >= 11 is 0. The number of Topliss-reactive ketones (excluding diaryl/α,β-unsaturated/α-hetero) is 1. The molecule has 3 heterocycles. The number of rotatable bonds is 3. The van der Waals surface area contributed by atoms with E-state index >= 15 is 0 Å². The first-order chi connectivity index (χ1) is 14.5. The van der Waals surface area contributed by atoms with E-state index in [0.717, 1.165) is 11.1 Å². The number of ether oxygens (including phenoxy) is 5. The third-order valence-electron chi connectivity index (χ3n) is 6.26. The number of carbonyl (C=O) groups is 1. The van der Waals surface area contributed by atoms with E-state index in [1.165, 1.54) is 0 Å². The number of fused-ring (bicyclic) bond motifs is 6. The Labute approximate surface area is 174 Å². The Hall–Kier alpha value is -2.93. The van der Waals surface area contributed by atoms with Crippen LogP contribution < -0.4 is 23.7 Å². The van der Waals surface area contributed by atoms with E-state index in [4.69, 9.17) is 23.7 Å². The summed E-state index contributed by atoms with van der Waals surface area (Å²) in [6, 6.07) is 7.11. The van der Waals surface area contributed by atoms with E-state index in [1.54, 1.807) is 38.5 Å². The van der Waals surface area contributed by atoms with Crippen LogP contribution in [0.4, 0.5) is 0 Å². The molecule has 2 aromatic carbocycles. The molecule has 0 aromatic heterocycles. The lowest BCUT2D eigenvalue weighted by Gasteiger charge is -2.40. The van der Waals surface area contributed by atoms with Gasteiger partial charge in [0.2, 0.25) is 0 Å². The first-order valence-corrected chi connectivity index (χ1v) is 10.0. The third kappa shape index (κ3) is 2.72. The first-order valence-electron chi connectivity index (χ1n) is 10.0. The van der Waals surface area contributed by atoms with Crippen molar-refractivity contribution in [2.75, 3.05) is 27.4 Å². The van der Waals surface area contributed by atoms with Gasteiger partial charge in [0.05, 0.1) is 32.3 Å². The number of benzene rings is 2. The van der Waals surface area contributed by atoms with Crippen LogP contribution in [0.2, 0.25) is 0 Å². The van der Waals surface area contributed by atoms with Crippen LogP contribution in [0.1, 0.15) is 40.7 Å². The topological polar surface area (TPSA) is 83.5 Å². The minimum Gasteiger partial charge on any atom is -0.493 e. The average molecular weight is 412 g/mol. The molecule has 3 atom stereocenters. The molecule has 0 bridgehead atoms. The fourth-order valence-electron chi connectivity index (χ4n) is 4.53. The number of ketones is 1. The predicted molar refractivity (Wildman–Crippen MR) is 107 cm³/mol. The maximum absolute atomic E-state index is 13.5. The minimum atomic E-state index is -0.620. The van der Waals surface area contributed by atoms with E-state index < -0.39 is 17.6 Å². The van der Waals surface area contributed by atoms with Gasteiger partial charge in [0.15, 0.2) is 17.3 Å². The molecule has 0 saturated carbocycles. The molecule has 158 valence electrons. The van der Waals surface area contributed by atoms with E-state index in [9.17, 15) is 9.90 Å². The van der Waals surface area contributed by atoms with Crippen molar-refractivity contribution in [3.63, 3.8) is 0 Å². The molecule has 5 rings (SSSR count). The van der Waals surface area contributed by atoms with Crippen molar-refractivity contribution in [3.8, 4) is 28.7 Å². The zero-order valence-electron chi connectivity index (χ0n) is 17.2. The van der Waals surface area contributed by atoms with Crippen molar-refractivity contribution in [3.05, 3.63) is 41.0 Å². The molecule has 1 unspecified atom stereocenters. The van der Waals surface area contributed by atoms with E-state index in [0.29, 0.717) is 47.2 Å². The van der Waals surface area contributed by atoms with Crippen LogP contribution >= 0.6 is 0 Å². The van der Waals surface area contributed by atoms with Gasteiger partial charge in [-0.25, -0.2) is 0 Å². The van der Waals surface area contributed by atoms with Crippen LogP contribution in [0.15, 0.2) is 24.3 Å². The van der Waals surface area contributed by atoms with Gasteiger partial charge in [-0.05, 0) is 38.0 Å². The quantitative estimate of drug-likeness (QED) is 0.830. The van der Waals surface area contributed by atoms with Crippen molar-refractivity contribution in [2.45, 2.75) is 37.4 Å². The molecule has 3 aliphatic rings. The van der Waals surface area contributed by atoms with Crippen molar-refractivity contribution in [2.24, 2.45) is 0 Å². The molecule has 0 fully saturated rings. The van der Waals surface area contributed by atoms with E-state index in [2.05, 4.69) is 0 Å². The average Bonchev–Trinajstić information content (AvgIpc) is 2.77. The number of aliphatic hydroxyl groups is 1. The monoisotopic (exact) mass is 412 g/mol. The zero-order chi connectivity index (χ0) is 21.0. The van der Waals surface area contributed by atoms with Gasteiger partial charge in [0.1, 0.15) is 35.6 Å². The summed E-state index contributed by atoms with van der Waals surface area (Å²) in [5.41, 5.74) is 1.55. The molecular weight excluding hydrogens is 388 g/mol. The second kappa shape index (κ2) is 6.80. The molecule has 30 heavy (non-hydrogen) atoms. The fourth-order valence-corrected chi connectivity index (χ4v) is 4.53. The number of aliphatic hydroxyl groups excluding tert-OH is 1. The Bertz CT molecular complexity index is 1030. The van der Waals surface area contributed by atoms with Crippen molar-refractivity contribution >= 4 is 5.78 Å². The molecule has 0 radical (unpaired) electrons. The van der Waals surface area contributed by atoms with Crippen LogP contribution in [-0.2, 0) is 6.42 Å². The summed E-state index contributed by atoms with van der Waals surface area (Å²) < 4.78 is 29.0. The number of hydrogen-bond acceptors (Lipinski definition) is 7. The standard InChI is InChI=1S/C23H24O7/c1-23(11-24)7-6-12-15(30-23)5-4-13-21(25)20-14-8-17(26-2)18(27-3)9-16(14)28-10-19(20)29-22(12)13/h4-5,8-9,19-20,24H,6-7,10-11H2,1-3H3/t19-,20+,23?/m1/s1. The lowest BCUT2D eigenvalue weighted by molar-refractivity contribution is 0.00604. The lowest BCUT2D eigenvalue weighted by atomic mass is 9.80. The van der Waals surface area contributed by atoms with Crippen molar-refractivity contribution < 1.29 is 33.6 Å². The van der Waals surface area contributed by atoms with E-state index in [1.807, 2.05) is 6.92 Å². The Morgan fingerprint density at radius 2 is 1.93 bits per heavy atom. The second-order valence-electron chi connectivity index (χ2n) is 8.18. The maximum Gasteiger partial charge on any atom is 0.178 e. The van der Waals surface area contributed by atoms with Gasteiger partial charge in [-0.2, -0.15) is 0 Å². The number of carbonyl (C=O) groups excluding carboxylic acids is 1. The van der Waals surface area contributed by atoms with Crippen LogP contribution in [0.25, 0.3) is 0 Å². The van der Waals surface area contributed by atoms with Crippen LogP contribution in [0.3, 0.4) is 0 Å². The number of methoxy groups -OCH3 is 2. The summed E-state index contributed by atoms with van der Waals surface area (Å²) in [4.78, 5) is 13.5. The molecule has 2 aromatic rings. The van der Waals surface area contributed by atoms with Gasteiger partial charge >= 0.3 is 0 Å². The summed E-state index contributed by atoms with van der Waals surface area (Å²) in [6.07, 6.45) is 0.880. The first kappa shape index (κ1) is 19.1. The van der Waals surface area contributed by atoms with Gasteiger partial charge in [0.25, 0.3) is 0 Å². The smallest absolute Gasteiger partial charge is 0.178 e. The summed E-state index contributed by atoms with van der Waals surface area (Å²) in [5, 5.41) is 9.64. The summed E-state index contributed by atoms with van der Waals surface area (Å²) in [6.45, 7) is 2.08. The lowest BCUT2D eigenvalue weighted by Crippen LogP contribution is -2.44.